The fourth-order valence-corrected chi connectivity index (χ4v) is 7.33. The van der Waals surface area contributed by atoms with Crippen molar-refractivity contribution in [1.29, 1.82) is 0 Å². The Hall–Kier alpha value is -2.98. The molecule has 1 saturated carbocycles. The smallest absolute Gasteiger partial charge is 0.264 e. The number of sulfonamides is 1. The maximum absolute atomic E-state index is 14.4. The number of hydrogen-bond donors (Lipinski definition) is 1. The summed E-state index contributed by atoms with van der Waals surface area (Å²) < 4.78 is 35.1. The molecule has 0 aromatic heterocycles. The number of ether oxygens (including phenoxy) is 1. The second kappa shape index (κ2) is 15.3. The molecule has 0 aliphatic heterocycles. The topological polar surface area (TPSA) is 96.0 Å². The minimum Gasteiger partial charge on any atom is -0.492 e. The molecular formula is C32H36Cl3N3O5S. The van der Waals surface area contributed by atoms with E-state index in [0.29, 0.717) is 32.8 Å². The Morgan fingerprint density at radius 1 is 0.955 bits per heavy atom. The van der Waals surface area contributed by atoms with Gasteiger partial charge in [0, 0.05) is 27.7 Å². The van der Waals surface area contributed by atoms with E-state index in [9.17, 15) is 18.0 Å². The predicted octanol–water partition coefficient (Wildman–Crippen LogP) is 7.11. The van der Waals surface area contributed by atoms with Crippen molar-refractivity contribution in [3.05, 3.63) is 87.4 Å². The average molecular weight is 681 g/mol. The summed E-state index contributed by atoms with van der Waals surface area (Å²) in [5.74, 6) is -0.591. The van der Waals surface area contributed by atoms with E-state index >= 15 is 0 Å². The molecule has 0 saturated heterocycles. The quantitative estimate of drug-likeness (QED) is 0.208. The van der Waals surface area contributed by atoms with Gasteiger partial charge in [0.1, 0.15) is 18.3 Å². The summed E-state index contributed by atoms with van der Waals surface area (Å²) in [5, 5.41) is 4.22. The Bertz CT molecular complexity index is 1560. The summed E-state index contributed by atoms with van der Waals surface area (Å²) in [6, 6.07) is 16.4. The molecule has 1 aliphatic carbocycles. The summed E-state index contributed by atoms with van der Waals surface area (Å²) in [4.78, 5) is 29.3. The van der Waals surface area contributed by atoms with Crippen molar-refractivity contribution in [2.75, 3.05) is 17.5 Å². The third-order valence-electron chi connectivity index (χ3n) is 7.56. The fraction of sp³-hybridized carbons (Fsp3) is 0.375. The summed E-state index contributed by atoms with van der Waals surface area (Å²) in [6.45, 7) is 3.24. The van der Waals surface area contributed by atoms with Crippen molar-refractivity contribution in [3.8, 4) is 5.75 Å². The molecule has 8 nitrogen and oxygen atoms in total. The van der Waals surface area contributed by atoms with Gasteiger partial charge in [-0.05, 0) is 80.3 Å². The molecule has 12 heteroatoms. The normalized spacial score (nSPS) is 14.2. The second-order valence-electron chi connectivity index (χ2n) is 10.5. The first-order valence-corrected chi connectivity index (χ1v) is 17.2. The van der Waals surface area contributed by atoms with Crippen molar-refractivity contribution in [2.24, 2.45) is 0 Å². The van der Waals surface area contributed by atoms with Gasteiger partial charge in [-0.1, -0.05) is 72.8 Å². The lowest BCUT2D eigenvalue weighted by molar-refractivity contribution is -0.140. The van der Waals surface area contributed by atoms with E-state index in [1.165, 1.54) is 29.2 Å². The van der Waals surface area contributed by atoms with Crippen molar-refractivity contribution in [3.63, 3.8) is 0 Å². The molecule has 1 aliphatic rings. The first-order chi connectivity index (χ1) is 21.0. The number of hydrogen-bond acceptors (Lipinski definition) is 5. The molecule has 4 rings (SSSR count). The Morgan fingerprint density at radius 3 is 2.25 bits per heavy atom. The molecule has 1 fully saturated rings. The van der Waals surface area contributed by atoms with Crippen LogP contribution in [0.2, 0.25) is 15.1 Å². The molecule has 3 aromatic carbocycles. The highest BCUT2D eigenvalue weighted by atomic mass is 35.5. The zero-order chi connectivity index (χ0) is 31.9. The van der Waals surface area contributed by atoms with E-state index in [1.54, 1.807) is 49.4 Å². The van der Waals surface area contributed by atoms with Gasteiger partial charge in [0.2, 0.25) is 11.8 Å². The number of nitrogens with one attached hydrogen (secondary N) is 1. The monoisotopic (exact) mass is 679 g/mol. The Balaban J connectivity index is 1.77. The lowest BCUT2D eigenvalue weighted by Crippen LogP contribution is -2.53. The van der Waals surface area contributed by atoms with Crippen LogP contribution in [0.25, 0.3) is 0 Å². The number of para-hydroxylation sites is 2. The molecule has 1 N–H and O–H groups in total. The lowest BCUT2D eigenvalue weighted by atomic mass is 10.1. The van der Waals surface area contributed by atoms with Crippen LogP contribution in [0.1, 0.15) is 51.5 Å². The predicted molar refractivity (Wildman–Crippen MR) is 175 cm³/mol. The average Bonchev–Trinajstić information content (AvgIpc) is 3.50. The first kappa shape index (κ1) is 33.9. The van der Waals surface area contributed by atoms with Gasteiger partial charge >= 0.3 is 0 Å². The summed E-state index contributed by atoms with van der Waals surface area (Å²) in [7, 11) is -4.30. The van der Waals surface area contributed by atoms with Crippen LogP contribution >= 0.6 is 34.8 Å². The number of anilines is 1. The Morgan fingerprint density at radius 2 is 1.61 bits per heavy atom. The van der Waals surface area contributed by atoms with Crippen LogP contribution in [0.15, 0.2) is 71.6 Å². The fourth-order valence-electron chi connectivity index (χ4n) is 5.31. The van der Waals surface area contributed by atoms with Crippen molar-refractivity contribution < 1.29 is 22.7 Å². The largest absolute Gasteiger partial charge is 0.492 e. The van der Waals surface area contributed by atoms with E-state index in [4.69, 9.17) is 39.5 Å². The third-order valence-corrected chi connectivity index (χ3v) is 10.2. The number of carbonyl (C=O) groups excluding carboxylic acids is 2. The molecule has 0 spiro atoms. The summed E-state index contributed by atoms with van der Waals surface area (Å²) >= 11 is 18.7. The molecule has 2 amide bonds. The lowest BCUT2D eigenvalue weighted by Gasteiger charge is -2.34. The van der Waals surface area contributed by atoms with Crippen LogP contribution in [0.4, 0.5) is 5.69 Å². The Kier molecular flexibility index (Phi) is 11.8. The molecule has 0 radical (unpaired) electrons. The molecule has 44 heavy (non-hydrogen) atoms. The minimum atomic E-state index is -4.30. The maximum atomic E-state index is 14.4. The summed E-state index contributed by atoms with van der Waals surface area (Å²) in [5.41, 5.74) is 0.754. The van der Waals surface area contributed by atoms with Gasteiger partial charge in [0.05, 0.1) is 17.2 Å². The van der Waals surface area contributed by atoms with Crippen molar-refractivity contribution in [1.82, 2.24) is 10.2 Å². The highest BCUT2D eigenvalue weighted by Crippen LogP contribution is 2.33. The van der Waals surface area contributed by atoms with E-state index in [1.807, 2.05) is 6.92 Å². The van der Waals surface area contributed by atoms with E-state index in [0.717, 1.165) is 30.0 Å². The SMILES string of the molecule is CCOc1ccccc1N(CC(=O)N(Cc1ccc(Cl)cc1Cl)C(CC)C(=O)NC1CCCC1)S(=O)(=O)c1ccc(Cl)cc1. The zero-order valence-corrected chi connectivity index (χ0v) is 27.7. The van der Waals surface area contributed by atoms with Gasteiger partial charge in [-0.3, -0.25) is 13.9 Å². The number of halogens is 3. The van der Waals surface area contributed by atoms with E-state index in [-0.39, 0.29) is 35.7 Å². The molecule has 1 unspecified atom stereocenters. The van der Waals surface area contributed by atoms with Gasteiger partial charge in [-0.25, -0.2) is 8.42 Å². The van der Waals surface area contributed by atoms with Gasteiger partial charge in [0.15, 0.2) is 0 Å². The van der Waals surface area contributed by atoms with Crippen LogP contribution in [0.3, 0.4) is 0 Å². The molecule has 3 aromatic rings. The highest BCUT2D eigenvalue weighted by Gasteiger charge is 2.35. The zero-order valence-electron chi connectivity index (χ0n) is 24.6. The van der Waals surface area contributed by atoms with Crippen LogP contribution in [-0.2, 0) is 26.2 Å². The van der Waals surface area contributed by atoms with E-state index in [2.05, 4.69) is 5.32 Å². The molecule has 1 atom stereocenters. The molecule has 0 heterocycles. The number of amides is 2. The maximum Gasteiger partial charge on any atom is 0.264 e. The van der Waals surface area contributed by atoms with Gasteiger partial charge < -0.3 is 15.0 Å². The summed E-state index contributed by atoms with van der Waals surface area (Å²) in [6.07, 6.45) is 4.11. The molecule has 236 valence electrons. The second-order valence-corrected chi connectivity index (χ2v) is 13.7. The number of benzene rings is 3. The molecular weight excluding hydrogens is 645 g/mol. The standard InChI is InChI=1S/C32H36Cl3N3O5S/c1-3-28(32(40)36-25-9-5-6-10-25)37(20-22-13-14-24(34)19-27(22)35)31(39)21-38(29-11-7-8-12-30(29)43-4-2)44(41,42)26-17-15-23(33)16-18-26/h7-8,11-19,25,28H,3-6,9-10,20-21H2,1-2H3,(H,36,40). The van der Waals surface area contributed by atoms with Crippen LogP contribution in [-0.4, -0.2) is 50.4 Å². The van der Waals surface area contributed by atoms with Crippen LogP contribution in [0.5, 0.6) is 5.75 Å². The molecule has 0 bridgehead atoms. The van der Waals surface area contributed by atoms with Crippen molar-refractivity contribution in [2.45, 2.75) is 69.5 Å². The van der Waals surface area contributed by atoms with Gasteiger partial charge in [0.25, 0.3) is 10.0 Å². The first-order valence-electron chi connectivity index (χ1n) is 14.6. The van der Waals surface area contributed by atoms with Gasteiger partial charge in [-0.2, -0.15) is 0 Å². The van der Waals surface area contributed by atoms with Crippen molar-refractivity contribution >= 4 is 62.3 Å². The number of carbonyl (C=O) groups is 2. The van der Waals surface area contributed by atoms with Gasteiger partial charge in [-0.15, -0.1) is 0 Å². The number of rotatable bonds is 13. The van der Waals surface area contributed by atoms with E-state index < -0.39 is 28.5 Å². The minimum absolute atomic E-state index is 0.0344. The highest BCUT2D eigenvalue weighted by molar-refractivity contribution is 7.92. The third kappa shape index (κ3) is 8.18. The number of nitrogens with zero attached hydrogens (tertiary/aromatic N) is 2. The van der Waals surface area contributed by atoms with Crippen LogP contribution < -0.4 is 14.4 Å². The van der Waals surface area contributed by atoms with Crippen LogP contribution in [0, 0.1) is 0 Å². The Labute approximate surface area is 274 Å².